The average molecular weight is 459 g/mol. The van der Waals surface area contributed by atoms with Crippen molar-refractivity contribution in [1.29, 1.82) is 0 Å². The molecule has 0 aromatic heterocycles. The van der Waals surface area contributed by atoms with E-state index >= 15 is 0 Å². The second-order valence-corrected chi connectivity index (χ2v) is 8.50. The van der Waals surface area contributed by atoms with Crippen LogP contribution in [0.25, 0.3) is 0 Å². The summed E-state index contributed by atoms with van der Waals surface area (Å²) in [6.45, 7) is 6.12. The Bertz CT molecular complexity index is 601. The number of hydrogen-bond acceptors (Lipinski definition) is 7. The number of hydrogen-bond donors (Lipinski definition) is 7. The minimum absolute atomic E-state index is 0.0671. The molecule has 186 valence electrons. The van der Waals surface area contributed by atoms with Gasteiger partial charge in [-0.15, -0.1) is 0 Å². The van der Waals surface area contributed by atoms with E-state index in [1.165, 1.54) is 6.92 Å². The number of aliphatic carboxylic acids is 1. The van der Waals surface area contributed by atoms with E-state index in [9.17, 15) is 24.3 Å². The molecule has 4 atom stereocenters. The predicted molar refractivity (Wildman–Crippen MR) is 122 cm³/mol. The van der Waals surface area contributed by atoms with Crippen LogP contribution in [-0.4, -0.2) is 66.1 Å². The molecule has 10 N–H and O–H groups in total. The third kappa shape index (κ3) is 12.6. The monoisotopic (exact) mass is 458 g/mol. The van der Waals surface area contributed by atoms with Crippen LogP contribution in [0.2, 0.25) is 0 Å². The molecule has 0 saturated heterocycles. The van der Waals surface area contributed by atoms with Crippen molar-refractivity contribution >= 4 is 23.7 Å². The summed E-state index contributed by atoms with van der Waals surface area (Å²) < 4.78 is 0. The molecular formula is C21H42N6O5. The Hall–Kier alpha value is -2.24. The molecule has 0 heterocycles. The summed E-state index contributed by atoms with van der Waals surface area (Å²) in [5, 5.41) is 16.9. The van der Waals surface area contributed by atoms with Crippen molar-refractivity contribution in [3.8, 4) is 0 Å². The lowest BCUT2D eigenvalue weighted by atomic mass is 10.0. The first-order valence-corrected chi connectivity index (χ1v) is 11.3. The Kier molecular flexibility index (Phi) is 15.3. The summed E-state index contributed by atoms with van der Waals surface area (Å²) in [4.78, 5) is 49.0. The summed E-state index contributed by atoms with van der Waals surface area (Å²) in [7, 11) is 0. The molecule has 11 heteroatoms. The molecule has 0 aliphatic rings. The lowest BCUT2D eigenvalue weighted by molar-refractivity contribution is -0.142. The van der Waals surface area contributed by atoms with Gasteiger partial charge < -0.3 is 38.3 Å². The highest BCUT2D eigenvalue weighted by Crippen LogP contribution is 2.07. The maximum atomic E-state index is 12.8. The Morgan fingerprint density at radius 3 is 1.78 bits per heavy atom. The molecule has 0 saturated carbocycles. The van der Waals surface area contributed by atoms with Crippen LogP contribution in [0.15, 0.2) is 0 Å². The molecule has 0 aliphatic heterocycles. The van der Waals surface area contributed by atoms with E-state index < -0.39 is 47.9 Å². The third-order valence-corrected chi connectivity index (χ3v) is 4.96. The zero-order chi connectivity index (χ0) is 24.7. The van der Waals surface area contributed by atoms with Gasteiger partial charge in [-0.1, -0.05) is 20.3 Å². The van der Waals surface area contributed by atoms with Gasteiger partial charge in [0.25, 0.3) is 0 Å². The highest BCUT2D eigenvalue weighted by atomic mass is 16.4. The van der Waals surface area contributed by atoms with Gasteiger partial charge >= 0.3 is 5.97 Å². The fraction of sp³-hybridized carbons (Fsp3) is 0.810. The summed E-state index contributed by atoms with van der Waals surface area (Å²) >= 11 is 0. The lowest BCUT2D eigenvalue weighted by Crippen LogP contribution is -2.56. The van der Waals surface area contributed by atoms with E-state index in [-0.39, 0.29) is 12.3 Å². The Labute approximate surface area is 190 Å². The van der Waals surface area contributed by atoms with E-state index in [1.807, 2.05) is 13.8 Å². The van der Waals surface area contributed by atoms with Gasteiger partial charge in [-0.3, -0.25) is 14.4 Å². The first-order chi connectivity index (χ1) is 15.0. The van der Waals surface area contributed by atoms with Crippen molar-refractivity contribution in [3.05, 3.63) is 0 Å². The number of carboxylic acid groups (broad SMARTS) is 1. The second-order valence-electron chi connectivity index (χ2n) is 8.50. The summed E-state index contributed by atoms with van der Waals surface area (Å²) in [5.41, 5.74) is 16.9. The molecule has 0 aromatic carbocycles. The maximum absolute atomic E-state index is 12.8. The van der Waals surface area contributed by atoms with E-state index in [1.54, 1.807) is 0 Å². The highest BCUT2D eigenvalue weighted by molar-refractivity contribution is 5.93. The van der Waals surface area contributed by atoms with Crippen molar-refractivity contribution in [1.82, 2.24) is 16.0 Å². The van der Waals surface area contributed by atoms with Crippen molar-refractivity contribution in [2.24, 2.45) is 23.1 Å². The number of amides is 3. The molecule has 0 aromatic rings. The number of unbranched alkanes of at least 4 members (excludes halogenated alkanes) is 2. The zero-order valence-corrected chi connectivity index (χ0v) is 19.6. The molecule has 0 aliphatic carbocycles. The fourth-order valence-electron chi connectivity index (χ4n) is 3.05. The molecule has 3 amide bonds. The molecule has 0 radical (unpaired) electrons. The normalized spacial score (nSPS) is 14.8. The topological polar surface area (TPSA) is 203 Å². The van der Waals surface area contributed by atoms with Crippen LogP contribution >= 0.6 is 0 Å². The van der Waals surface area contributed by atoms with Crippen LogP contribution in [0.1, 0.15) is 65.7 Å². The first kappa shape index (κ1) is 29.8. The number of carboxylic acids is 1. The zero-order valence-electron chi connectivity index (χ0n) is 19.6. The van der Waals surface area contributed by atoms with Crippen molar-refractivity contribution < 1.29 is 24.3 Å². The Morgan fingerprint density at radius 1 is 0.750 bits per heavy atom. The smallest absolute Gasteiger partial charge is 0.326 e. The first-order valence-electron chi connectivity index (χ1n) is 11.3. The molecule has 11 nitrogen and oxygen atoms in total. The van der Waals surface area contributed by atoms with Crippen molar-refractivity contribution in [3.63, 3.8) is 0 Å². The molecule has 0 unspecified atom stereocenters. The number of nitrogens with two attached hydrogens (primary N) is 3. The van der Waals surface area contributed by atoms with E-state index in [0.717, 1.165) is 6.42 Å². The Balaban J connectivity index is 5.01. The Morgan fingerprint density at radius 2 is 1.28 bits per heavy atom. The quantitative estimate of drug-likeness (QED) is 0.137. The van der Waals surface area contributed by atoms with Gasteiger partial charge in [0.15, 0.2) is 0 Å². The highest BCUT2D eigenvalue weighted by Gasteiger charge is 2.28. The van der Waals surface area contributed by atoms with E-state index in [2.05, 4.69) is 16.0 Å². The SMILES string of the molecule is CC(C)C[C@H](NC(=O)[C@H](C)NC(=O)[C@H](CCCCN)NC(=O)[C@@H](N)CCCCN)C(=O)O. The van der Waals surface area contributed by atoms with Crippen LogP contribution in [0.3, 0.4) is 0 Å². The molecule has 0 bridgehead atoms. The van der Waals surface area contributed by atoms with Crippen LogP contribution in [0, 0.1) is 5.92 Å². The van der Waals surface area contributed by atoms with Gasteiger partial charge in [0.1, 0.15) is 18.1 Å². The number of carbonyl (C=O) groups is 4. The fourth-order valence-corrected chi connectivity index (χ4v) is 3.05. The molecule has 0 rings (SSSR count). The van der Waals surface area contributed by atoms with Gasteiger partial charge in [-0.05, 0) is 64.5 Å². The van der Waals surface area contributed by atoms with E-state index in [4.69, 9.17) is 17.2 Å². The van der Waals surface area contributed by atoms with Crippen LogP contribution in [0.5, 0.6) is 0 Å². The third-order valence-electron chi connectivity index (χ3n) is 4.96. The summed E-state index contributed by atoms with van der Waals surface area (Å²) in [6.07, 6.45) is 3.79. The van der Waals surface area contributed by atoms with Crippen LogP contribution in [-0.2, 0) is 19.2 Å². The van der Waals surface area contributed by atoms with Crippen molar-refractivity contribution in [2.45, 2.75) is 89.9 Å². The van der Waals surface area contributed by atoms with Gasteiger partial charge in [-0.25, -0.2) is 4.79 Å². The molecule has 0 fully saturated rings. The molecule has 0 spiro atoms. The van der Waals surface area contributed by atoms with Crippen LogP contribution in [0.4, 0.5) is 0 Å². The number of nitrogens with one attached hydrogen (secondary N) is 3. The lowest BCUT2D eigenvalue weighted by Gasteiger charge is -2.24. The molecule has 32 heavy (non-hydrogen) atoms. The second kappa shape index (κ2) is 16.4. The van der Waals surface area contributed by atoms with Gasteiger partial charge in [-0.2, -0.15) is 0 Å². The van der Waals surface area contributed by atoms with Crippen LogP contribution < -0.4 is 33.2 Å². The minimum Gasteiger partial charge on any atom is -0.480 e. The summed E-state index contributed by atoms with van der Waals surface area (Å²) in [6, 6.07) is -3.67. The summed E-state index contributed by atoms with van der Waals surface area (Å²) in [5.74, 6) is -2.67. The average Bonchev–Trinajstić information content (AvgIpc) is 2.71. The van der Waals surface area contributed by atoms with E-state index in [0.29, 0.717) is 45.2 Å². The number of rotatable bonds is 17. The van der Waals surface area contributed by atoms with Gasteiger partial charge in [0, 0.05) is 0 Å². The van der Waals surface area contributed by atoms with Gasteiger partial charge in [0.05, 0.1) is 6.04 Å². The minimum atomic E-state index is -1.14. The standard InChI is InChI=1S/C21H42N6O5/c1-13(2)12-17(21(31)32)27-18(28)14(3)25-20(30)16(9-5-7-11-23)26-19(29)15(24)8-4-6-10-22/h13-17H,4-12,22-24H2,1-3H3,(H,25,30)(H,26,29)(H,27,28)(H,31,32)/t14-,15-,16-,17-/m0/s1. The van der Waals surface area contributed by atoms with Crippen molar-refractivity contribution in [2.75, 3.05) is 13.1 Å². The van der Waals surface area contributed by atoms with Gasteiger partial charge in [0.2, 0.25) is 17.7 Å². The maximum Gasteiger partial charge on any atom is 0.326 e. The predicted octanol–water partition coefficient (Wildman–Crippen LogP) is -0.823. The number of carbonyl (C=O) groups excluding carboxylic acids is 3. The largest absolute Gasteiger partial charge is 0.480 e. The molecular weight excluding hydrogens is 416 g/mol.